The monoisotopic (exact) mass is 325 g/mol. The molecule has 0 radical (unpaired) electrons. The van der Waals surface area contributed by atoms with E-state index in [1.54, 1.807) is 30.2 Å². The van der Waals surface area contributed by atoms with E-state index in [0.29, 0.717) is 17.2 Å². The van der Waals surface area contributed by atoms with Crippen LogP contribution in [0.2, 0.25) is 0 Å². The first kappa shape index (κ1) is 16.7. The molecular weight excluding hydrogens is 306 g/mol. The number of hydrogen-bond acceptors (Lipinski definition) is 2. The molecule has 4 nitrogen and oxygen atoms in total. The first-order valence-corrected chi connectivity index (χ1v) is 7.61. The van der Waals surface area contributed by atoms with Crippen LogP contribution in [-0.4, -0.2) is 24.6 Å². The lowest BCUT2D eigenvalue weighted by Gasteiger charge is -2.18. The summed E-state index contributed by atoms with van der Waals surface area (Å²) in [5.74, 6) is -0.0789. The molecule has 23 heavy (non-hydrogen) atoms. The van der Waals surface area contributed by atoms with Crippen molar-refractivity contribution in [3.63, 3.8) is 0 Å². The van der Waals surface area contributed by atoms with Crippen molar-refractivity contribution < 1.29 is 4.79 Å². The zero-order chi connectivity index (χ0) is 16.7. The van der Waals surface area contributed by atoms with Gasteiger partial charge in [0.25, 0.3) is 5.91 Å². The molecule has 0 saturated carbocycles. The predicted molar refractivity (Wildman–Crippen MR) is 100 cm³/mol. The quantitative estimate of drug-likeness (QED) is 0.653. The van der Waals surface area contributed by atoms with E-state index in [2.05, 4.69) is 17.2 Å². The van der Waals surface area contributed by atoms with Gasteiger partial charge < -0.3 is 15.5 Å². The number of rotatable bonds is 5. The van der Waals surface area contributed by atoms with Gasteiger partial charge in [-0.1, -0.05) is 30.3 Å². The Balaban J connectivity index is 2.11. The van der Waals surface area contributed by atoms with Gasteiger partial charge in [0.2, 0.25) is 0 Å². The van der Waals surface area contributed by atoms with Crippen molar-refractivity contribution in [1.29, 1.82) is 0 Å². The van der Waals surface area contributed by atoms with Crippen molar-refractivity contribution in [3.8, 4) is 0 Å². The van der Waals surface area contributed by atoms with Gasteiger partial charge in [-0.25, -0.2) is 0 Å². The average Bonchev–Trinajstić information content (AvgIpc) is 2.59. The zero-order valence-corrected chi connectivity index (χ0v) is 13.8. The summed E-state index contributed by atoms with van der Waals surface area (Å²) in [4.78, 5) is 14.2. The van der Waals surface area contributed by atoms with E-state index in [-0.39, 0.29) is 5.91 Å². The second kappa shape index (κ2) is 8.10. The van der Waals surface area contributed by atoms with Crippen LogP contribution in [0.3, 0.4) is 0 Å². The zero-order valence-electron chi connectivity index (χ0n) is 13.0. The number of thiocarbonyl (C=S) groups is 1. The van der Waals surface area contributed by atoms with Gasteiger partial charge in [0.05, 0.1) is 0 Å². The van der Waals surface area contributed by atoms with Crippen molar-refractivity contribution in [2.45, 2.75) is 0 Å². The third-order valence-electron chi connectivity index (χ3n) is 3.22. The number of hydrogen-bond donors (Lipinski definition) is 2. The third kappa shape index (κ3) is 4.66. The SMILES string of the molecule is C=CCNC(=S)Nc1cccc(C(=O)N(C)c2ccccc2)c1. The van der Waals surface area contributed by atoms with Crippen molar-refractivity contribution in [2.24, 2.45) is 0 Å². The molecule has 0 saturated heterocycles. The first-order chi connectivity index (χ1) is 11.1. The Morgan fingerprint density at radius 3 is 2.65 bits per heavy atom. The molecule has 0 heterocycles. The van der Waals surface area contributed by atoms with Gasteiger partial charge in [0.1, 0.15) is 0 Å². The number of benzene rings is 2. The summed E-state index contributed by atoms with van der Waals surface area (Å²) in [6, 6.07) is 16.8. The lowest BCUT2D eigenvalue weighted by molar-refractivity contribution is 0.0993. The normalized spacial score (nSPS) is 9.78. The molecule has 2 N–H and O–H groups in total. The van der Waals surface area contributed by atoms with Gasteiger partial charge in [-0.15, -0.1) is 6.58 Å². The highest BCUT2D eigenvalue weighted by Gasteiger charge is 2.13. The van der Waals surface area contributed by atoms with Crippen LogP contribution in [0.4, 0.5) is 11.4 Å². The van der Waals surface area contributed by atoms with Crippen LogP contribution < -0.4 is 15.5 Å². The topological polar surface area (TPSA) is 44.4 Å². The summed E-state index contributed by atoms with van der Waals surface area (Å²) in [7, 11) is 1.76. The molecular formula is C18H19N3OS. The molecule has 0 bridgehead atoms. The minimum Gasteiger partial charge on any atom is -0.359 e. The van der Waals surface area contributed by atoms with Crippen molar-refractivity contribution >= 4 is 34.6 Å². The molecule has 2 aromatic rings. The minimum atomic E-state index is -0.0789. The van der Waals surface area contributed by atoms with Crippen molar-refractivity contribution in [3.05, 3.63) is 72.8 Å². The van der Waals surface area contributed by atoms with Crippen LogP contribution in [-0.2, 0) is 0 Å². The average molecular weight is 325 g/mol. The second-order valence-corrected chi connectivity index (χ2v) is 5.31. The van der Waals surface area contributed by atoms with E-state index in [9.17, 15) is 4.79 Å². The number of nitrogens with one attached hydrogen (secondary N) is 2. The molecule has 0 aliphatic carbocycles. The summed E-state index contributed by atoms with van der Waals surface area (Å²) >= 11 is 5.17. The highest BCUT2D eigenvalue weighted by Crippen LogP contribution is 2.17. The lowest BCUT2D eigenvalue weighted by atomic mass is 10.1. The molecule has 5 heteroatoms. The number of para-hydroxylation sites is 1. The lowest BCUT2D eigenvalue weighted by Crippen LogP contribution is -2.29. The fourth-order valence-corrected chi connectivity index (χ4v) is 2.23. The number of anilines is 2. The van der Waals surface area contributed by atoms with Crippen LogP contribution in [0.15, 0.2) is 67.3 Å². The standard InChI is InChI=1S/C18H19N3OS/c1-3-12-19-18(23)20-15-9-7-8-14(13-15)17(22)21(2)16-10-5-4-6-11-16/h3-11,13H,1,12H2,2H3,(H2,19,20,23). The van der Waals surface area contributed by atoms with Gasteiger partial charge in [0, 0.05) is 30.5 Å². The smallest absolute Gasteiger partial charge is 0.258 e. The highest BCUT2D eigenvalue weighted by atomic mass is 32.1. The van der Waals surface area contributed by atoms with Crippen LogP contribution in [0.1, 0.15) is 10.4 Å². The number of nitrogens with zero attached hydrogens (tertiary/aromatic N) is 1. The number of amides is 1. The summed E-state index contributed by atoms with van der Waals surface area (Å²) in [5, 5.41) is 6.53. The summed E-state index contributed by atoms with van der Waals surface area (Å²) in [5.41, 5.74) is 2.20. The van der Waals surface area contributed by atoms with Gasteiger partial charge in [0.15, 0.2) is 5.11 Å². The third-order valence-corrected chi connectivity index (χ3v) is 3.47. The van der Waals surface area contributed by atoms with Crippen molar-refractivity contribution in [1.82, 2.24) is 5.32 Å². The molecule has 0 aliphatic heterocycles. The van der Waals surface area contributed by atoms with Gasteiger partial charge >= 0.3 is 0 Å². The first-order valence-electron chi connectivity index (χ1n) is 7.20. The molecule has 0 atom stereocenters. The molecule has 0 aliphatic rings. The van der Waals surface area contributed by atoms with Gasteiger partial charge in [-0.2, -0.15) is 0 Å². The molecule has 2 rings (SSSR count). The van der Waals surface area contributed by atoms with E-state index in [4.69, 9.17) is 12.2 Å². The maximum atomic E-state index is 12.6. The highest BCUT2D eigenvalue weighted by molar-refractivity contribution is 7.80. The fourth-order valence-electron chi connectivity index (χ4n) is 2.03. The summed E-state index contributed by atoms with van der Waals surface area (Å²) < 4.78 is 0. The van der Waals surface area contributed by atoms with E-state index in [1.807, 2.05) is 42.5 Å². The van der Waals surface area contributed by atoms with E-state index in [0.717, 1.165) is 11.4 Å². The Bertz CT molecular complexity index is 700. The van der Waals surface area contributed by atoms with Crippen molar-refractivity contribution in [2.75, 3.05) is 23.8 Å². The van der Waals surface area contributed by atoms with Gasteiger partial charge in [-0.3, -0.25) is 4.79 Å². The molecule has 0 aromatic heterocycles. The van der Waals surface area contributed by atoms with Crippen LogP contribution in [0, 0.1) is 0 Å². The summed E-state index contributed by atoms with van der Waals surface area (Å²) in [6.45, 7) is 4.21. The second-order valence-electron chi connectivity index (χ2n) is 4.90. The molecule has 2 aromatic carbocycles. The van der Waals surface area contributed by atoms with Crippen LogP contribution in [0.5, 0.6) is 0 Å². The predicted octanol–water partition coefficient (Wildman–Crippen LogP) is 3.44. The Morgan fingerprint density at radius 1 is 1.22 bits per heavy atom. The molecule has 0 spiro atoms. The fraction of sp³-hybridized carbons (Fsp3) is 0.111. The Morgan fingerprint density at radius 2 is 1.96 bits per heavy atom. The maximum Gasteiger partial charge on any atom is 0.258 e. The maximum absolute atomic E-state index is 12.6. The minimum absolute atomic E-state index is 0.0789. The van der Waals surface area contributed by atoms with E-state index >= 15 is 0 Å². The Kier molecular flexibility index (Phi) is 5.88. The van der Waals surface area contributed by atoms with Gasteiger partial charge in [-0.05, 0) is 42.5 Å². The largest absolute Gasteiger partial charge is 0.359 e. The Labute approximate surface area is 141 Å². The number of carbonyl (C=O) groups excluding carboxylic acids is 1. The molecule has 0 unspecified atom stereocenters. The van der Waals surface area contributed by atoms with Crippen LogP contribution in [0.25, 0.3) is 0 Å². The van der Waals surface area contributed by atoms with E-state index < -0.39 is 0 Å². The Hall–Kier alpha value is -2.66. The molecule has 1 amide bonds. The van der Waals surface area contributed by atoms with Crippen LogP contribution >= 0.6 is 12.2 Å². The number of carbonyl (C=O) groups is 1. The molecule has 0 fully saturated rings. The molecule has 118 valence electrons. The van der Waals surface area contributed by atoms with E-state index in [1.165, 1.54) is 0 Å². The summed E-state index contributed by atoms with van der Waals surface area (Å²) in [6.07, 6.45) is 1.72.